The molecule has 0 unspecified atom stereocenters. The molecule has 0 heterocycles. The number of carbonyl (C=O) groups excluding carboxylic acids is 1. The fraction of sp³-hybridized carbons (Fsp3) is 0.350. The summed E-state index contributed by atoms with van der Waals surface area (Å²) in [5, 5.41) is 2.82. The van der Waals surface area contributed by atoms with Crippen LogP contribution in [-0.2, 0) is 6.42 Å². The number of rotatable bonds is 9. The highest BCUT2D eigenvalue weighted by Gasteiger charge is 2.16. The Kier molecular flexibility index (Phi) is 7.14. The Morgan fingerprint density at radius 1 is 0.962 bits per heavy atom. The van der Waals surface area contributed by atoms with Crippen molar-refractivity contribution < 1.29 is 23.7 Å². The van der Waals surface area contributed by atoms with Crippen molar-refractivity contribution in [3.8, 4) is 23.0 Å². The van der Waals surface area contributed by atoms with Gasteiger partial charge in [-0.1, -0.05) is 19.1 Å². The normalized spacial score (nSPS) is 10.2. The molecule has 1 amide bonds. The fourth-order valence-electron chi connectivity index (χ4n) is 2.47. The number of methoxy groups -OCH3 is 3. The van der Waals surface area contributed by atoms with Gasteiger partial charge in [-0.3, -0.25) is 4.79 Å². The summed E-state index contributed by atoms with van der Waals surface area (Å²) in [6.07, 6.45) is 0.991. The van der Waals surface area contributed by atoms with Crippen molar-refractivity contribution >= 4 is 5.91 Å². The monoisotopic (exact) mass is 359 g/mol. The van der Waals surface area contributed by atoms with Crippen LogP contribution in [0.15, 0.2) is 36.4 Å². The van der Waals surface area contributed by atoms with Crippen LogP contribution in [-0.4, -0.2) is 40.4 Å². The minimum Gasteiger partial charge on any atom is -0.493 e. The molecule has 1 N–H and O–H groups in total. The molecule has 140 valence electrons. The highest BCUT2D eigenvalue weighted by Crippen LogP contribution is 2.38. The molecule has 0 atom stereocenters. The number of nitrogens with one attached hydrogen (secondary N) is 1. The Bertz CT molecular complexity index is 702. The molecular weight excluding hydrogens is 334 g/mol. The largest absolute Gasteiger partial charge is 0.493 e. The second-order valence-corrected chi connectivity index (χ2v) is 5.52. The maximum Gasteiger partial charge on any atom is 0.251 e. The maximum atomic E-state index is 12.4. The van der Waals surface area contributed by atoms with Gasteiger partial charge in [0.05, 0.1) is 27.9 Å². The van der Waals surface area contributed by atoms with E-state index in [1.807, 2.05) is 24.3 Å². The third-order valence-electron chi connectivity index (χ3n) is 3.91. The third kappa shape index (κ3) is 4.81. The van der Waals surface area contributed by atoms with Gasteiger partial charge < -0.3 is 24.3 Å². The van der Waals surface area contributed by atoms with Gasteiger partial charge in [-0.05, 0) is 36.2 Å². The SMILES string of the molecule is CCc1ccc(OCCNC(=O)c2cc(OC)c(OC)c(OC)c2)cc1. The van der Waals surface area contributed by atoms with Crippen molar-refractivity contribution in [1.29, 1.82) is 0 Å². The Balaban J connectivity index is 1.92. The molecular formula is C20H25NO5. The molecule has 6 nitrogen and oxygen atoms in total. The van der Waals surface area contributed by atoms with Crippen LogP contribution in [0.5, 0.6) is 23.0 Å². The zero-order valence-corrected chi connectivity index (χ0v) is 15.6. The Morgan fingerprint density at radius 2 is 1.58 bits per heavy atom. The molecule has 0 saturated heterocycles. The highest BCUT2D eigenvalue weighted by molar-refractivity contribution is 5.95. The molecule has 2 aromatic carbocycles. The Labute approximate surface area is 154 Å². The van der Waals surface area contributed by atoms with Crippen LogP contribution in [0.4, 0.5) is 0 Å². The molecule has 0 aromatic heterocycles. The van der Waals surface area contributed by atoms with Gasteiger partial charge in [-0.15, -0.1) is 0 Å². The van der Waals surface area contributed by atoms with E-state index in [-0.39, 0.29) is 5.91 Å². The lowest BCUT2D eigenvalue weighted by Gasteiger charge is -2.14. The zero-order chi connectivity index (χ0) is 18.9. The van der Waals surface area contributed by atoms with Gasteiger partial charge in [0, 0.05) is 5.56 Å². The van der Waals surface area contributed by atoms with Gasteiger partial charge in [0.2, 0.25) is 5.75 Å². The Hall–Kier alpha value is -2.89. The van der Waals surface area contributed by atoms with Crippen LogP contribution >= 0.6 is 0 Å². The summed E-state index contributed by atoms with van der Waals surface area (Å²) in [5.41, 5.74) is 1.68. The zero-order valence-electron chi connectivity index (χ0n) is 15.6. The molecule has 0 aliphatic rings. The fourth-order valence-corrected chi connectivity index (χ4v) is 2.47. The number of carbonyl (C=O) groups is 1. The smallest absolute Gasteiger partial charge is 0.251 e. The lowest BCUT2D eigenvalue weighted by atomic mass is 10.1. The topological polar surface area (TPSA) is 66.0 Å². The van der Waals surface area contributed by atoms with Gasteiger partial charge in [-0.2, -0.15) is 0 Å². The molecule has 0 radical (unpaired) electrons. The van der Waals surface area contributed by atoms with E-state index in [1.54, 1.807) is 12.1 Å². The standard InChI is InChI=1S/C20H25NO5/c1-5-14-6-8-16(9-7-14)26-11-10-21-20(22)15-12-17(23-2)19(25-4)18(13-15)24-3/h6-9,12-13H,5,10-11H2,1-4H3,(H,21,22). The van der Waals surface area contributed by atoms with E-state index in [4.69, 9.17) is 18.9 Å². The summed E-state index contributed by atoms with van der Waals surface area (Å²) < 4.78 is 21.4. The van der Waals surface area contributed by atoms with Crippen LogP contribution in [0.25, 0.3) is 0 Å². The van der Waals surface area contributed by atoms with E-state index in [2.05, 4.69) is 12.2 Å². The summed E-state index contributed by atoms with van der Waals surface area (Å²) in [4.78, 5) is 12.4. The Morgan fingerprint density at radius 3 is 2.08 bits per heavy atom. The summed E-state index contributed by atoms with van der Waals surface area (Å²) in [7, 11) is 4.54. The van der Waals surface area contributed by atoms with Gasteiger partial charge >= 0.3 is 0 Å². The van der Waals surface area contributed by atoms with Gasteiger partial charge in [0.25, 0.3) is 5.91 Å². The van der Waals surface area contributed by atoms with E-state index in [0.29, 0.717) is 36.0 Å². The lowest BCUT2D eigenvalue weighted by Crippen LogP contribution is -2.28. The number of hydrogen-bond donors (Lipinski definition) is 1. The van der Waals surface area contributed by atoms with Crippen LogP contribution in [0, 0.1) is 0 Å². The molecule has 2 aromatic rings. The summed E-state index contributed by atoms with van der Waals surface area (Å²) in [6, 6.07) is 11.1. The number of aryl methyl sites for hydroxylation is 1. The molecule has 0 fully saturated rings. The van der Waals surface area contributed by atoms with Crippen molar-refractivity contribution in [2.45, 2.75) is 13.3 Å². The van der Waals surface area contributed by atoms with Gasteiger partial charge in [0.15, 0.2) is 11.5 Å². The molecule has 0 saturated carbocycles. The van der Waals surface area contributed by atoms with Crippen molar-refractivity contribution in [1.82, 2.24) is 5.32 Å². The van der Waals surface area contributed by atoms with E-state index in [1.165, 1.54) is 26.9 Å². The van der Waals surface area contributed by atoms with Crippen LogP contribution < -0.4 is 24.3 Å². The molecule has 0 bridgehead atoms. The van der Waals surface area contributed by atoms with E-state index in [0.717, 1.165) is 12.2 Å². The molecule has 0 aliphatic heterocycles. The first-order valence-electron chi connectivity index (χ1n) is 8.42. The average molecular weight is 359 g/mol. The van der Waals surface area contributed by atoms with E-state index >= 15 is 0 Å². The van der Waals surface area contributed by atoms with E-state index in [9.17, 15) is 4.79 Å². The minimum atomic E-state index is -0.241. The van der Waals surface area contributed by atoms with Crippen molar-refractivity contribution in [3.63, 3.8) is 0 Å². The van der Waals surface area contributed by atoms with E-state index < -0.39 is 0 Å². The molecule has 2 rings (SSSR count). The number of hydrogen-bond acceptors (Lipinski definition) is 5. The second kappa shape index (κ2) is 9.56. The first kappa shape index (κ1) is 19.4. The average Bonchev–Trinajstić information content (AvgIpc) is 2.70. The third-order valence-corrected chi connectivity index (χ3v) is 3.91. The van der Waals surface area contributed by atoms with Gasteiger partial charge in [0.1, 0.15) is 12.4 Å². The van der Waals surface area contributed by atoms with Crippen molar-refractivity contribution in [2.75, 3.05) is 34.5 Å². The summed E-state index contributed by atoms with van der Waals surface area (Å²) in [6.45, 7) is 2.86. The number of benzene rings is 2. The number of amides is 1. The highest BCUT2D eigenvalue weighted by atomic mass is 16.5. The second-order valence-electron chi connectivity index (χ2n) is 5.52. The van der Waals surface area contributed by atoms with Crippen LogP contribution in [0.3, 0.4) is 0 Å². The first-order chi connectivity index (χ1) is 12.6. The summed E-state index contributed by atoms with van der Waals surface area (Å²) >= 11 is 0. The first-order valence-corrected chi connectivity index (χ1v) is 8.42. The van der Waals surface area contributed by atoms with Crippen molar-refractivity contribution in [3.05, 3.63) is 47.5 Å². The molecule has 0 spiro atoms. The van der Waals surface area contributed by atoms with Crippen LogP contribution in [0.1, 0.15) is 22.8 Å². The molecule has 26 heavy (non-hydrogen) atoms. The summed E-state index contributed by atoms with van der Waals surface area (Å²) in [5.74, 6) is 1.86. The lowest BCUT2D eigenvalue weighted by molar-refractivity contribution is 0.0946. The van der Waals surface area contributed by atoms with Gasteiger partial charge in [-0.25, -0.2) is 0 Å². The quantitative estimate of drug-likeness (QED) is 0.697. The number of ether oxygens (including phenoxy) is 4. The molecule has 6 heteroatoms. The van der Waals surface area contributed by atoms with Crippen LogP contribution in [0.2, 0.25) is 0 Å². The predicted molar refractivity (Wildman–Crippen MR) is 99.7 cm³/mol. The molecule has 0 aliphatic carbocycles. The van der Waals surface area contributed by atoms with Crippen molar-refractivity contribution in [2.24, 2.45) is 0 Å². The minimum absolute atomic E-state index is 0.241. The predicted octanol–water partition coefficient (Wildman–Crippen LogP) is 3.08. The maximum absolute atomic E-state index is 12.4.